The topological polar surface area (TPSA) is 99.4 Å². The molecule has 0 aliphatic carbocycles. The number of carboxylic acid groups (broad SMARTS) is 1. The van der Waals surface area contributed by atoms with Gasteiger partial charge in [-0.15, -0.1) is 0 Å². The zero-order valence-electron chi connectivity index (χ0n) is 12.0. The predicted octanol–water partition coefficient (Wildman–Crippen LogP) is 1.55. The monoisotopic (exact) mass is 290 g/mol. The highest BCUT2D eigenvalue weighted by Crippen LogP contribution is 2.12. The molecule has 0 aliphatic rings. The first-order chi connectivity index (χ1) is 9.97. The maximum atomic E-state index is 11.7. The van der Waals surface area contributed by atoms with Gasteiger partial charge >= 0.3 is 5.97 Å². The SMILES string of the molecule is CC[C@H](C)[C@H](NC(=O)COc1ccc(C#N)cc1)C(=O)O. The lowest BCUT2D eigenvalue weighted by molar-refractivity contribution is -0.143. The number of hydrogen-bond donors (Lipinski definition) is 2. The molecule has 6 nitrogen and oxygen atoms in total. The fourth-order valence-corrected chi connectivity index (χ4v) is 1.67. The first-order valence-electron chi connectivity index (χ1n) is 6.63. The van der Waals surface area contributed by atoms with Gasteiger partial charge in [-0.1, -0.05) is 20.3 Å². The third-order valence-electron chi connectivity index (χ3n) is 3.15. The molecule has 112 valence electrons. The maximum absolute atomic E-state index is 11.7. The molecule has 21 heavy (non-hydrogen) atoms. The summed E-state index contributed by atoms with van der Waals surface area (Å²) in [6.45, 7) is 3.35. The predicted molar refractivity (Wildman–Crippen MR) is 75.7 cm³/mol. The number of nitriles is 1. The number of aliphatic carboxylic acids is 1. The second kappa shape index (κ2) is 7.90. The molecular formula is C15H18N2O4. The van der Waals surface area contributed by atoms with E-state index < -0.39 is 17.9 Å². The van der Waals surface area contributed by atoms with E-state index in [2.05, 4.69) is 5.32 Å². The van der Waals surface area contributed by atoms with Crippen LogP contribution in [0.15, 0.2) is 24.3 Å². The lowest BCUT2D eigenvalue weighted by Gasteiger charge is -2.20. The molecule has 2 N–H and O–H groups in total. The van der Waals surface area contributed by atoms with Crippen LogP contribution in [0.3, 0.4) is 0 Å². The Hall–Kier alpha value is -2.55. The zero-order chi connectivity index (χ0) is 15.8. The van der Waals surface area contributed by atoms with Crippen LogP contribution in [0.25, 0.3) is 0 Å². The standard InChI is InChI=1S/C15H18N2O4/c1-3-10(2)14(15(19)20)17-13(18)9-21-12-6-4-11(8-16)5-7-12/h4-7,10,14H,3,9H2,1-2H3,(H,17,18)(H,19,20)/t10-,14-/m0/s1. The molecule has 1 aromatic rings. The van der Waals surface area contributed by atoms with Crippen LogP contribution in [0.2, 0.25) is 0 Å². The summed E-state index contributed by atoms with van der Waals surface area (Å²) >= 11 is 0. The van der Waals surface area contributed by atoms with Crippen molar-refractivity contribution in [2.24, 2.45) is 5.92 Å². The van der Waals surface area contributed by atoms with Gasteiger partial charge in [0.2, 0.25) is 0 Å². The molecule has 1 amide bonds. The van der Waals surface area contributed by atoms with E-state index in [1.54, 1.807) is 31.2 Å². The molecule has 0 radical (unpaired) electrons. The molecular weight excluding hydrogens is 272 g/mol. The van der Waals surface area contributed by atoms with E-state index in [1.807, 2.05) is 13.0 Å². The Morgan fingerprint density at radius 1 is 1.38 bits per heavy atom. The van der Waals surface area contributed by atoms with Gasteiger partial charge in [-0.3, -0.25) is 4.79 Å². The van der Waals surface area contributed by atoms with Crippen molar-refractivity contribution in [3.05, 3.63) is 29.8 Å². The lowest BCUT2D eigenvalue weighted by atomic mass is 9.99. The van der Waals surface area contributed by atoms with Crippen LogP contribution < -0.4 is 10.1 Å². The summed E-state index contributed by atoms with van der Waals surface area (Å²) in [4.78, 5) is 22.8. The molecule has 0 bridgehead atoms. The van der Waals surface area contributed by atoms with Crippen LogP contribution in [0.1, 0.15) is 25.8 Å². The Labute approximate surface area is 123 Å². The second-order valence-electron chi connectivity index (χ2n) is 4.69. The Bertz CT molecular complexity index is 534. The summed E-state index contributed by atoms with van der Waals surface area (Å²) < 4.78 is 5.25. The largest absolute Gasteiger partial charge is 0.484 e. The Balaban J connectivity index is 2.52. The van der Waals surface area contributed by atoms with E-state index in [-0.39, 0.29) is 12.5 Å². The zero-order valence-corrected chi connectivity index (χ0v) is 12.0. The van der Waals surface area contributed by atoms with E-state index in [1.165, 1.54) is 0 Å². The molecule has 0 heterocycles. The number of hydrogen-bond acceptors (Lipinski definition) is 4. The van der Waals surface area contributed by atoms with Crippen LogP contribution in [0.4, 0.5) is 0 Å². The third-order valence-corrected chi connectivity index (χ3v) is 3.15. The molecule has 1 rings (SSSR count). The molecule has 2 atom stereocenters. The Kier molecular flexibility index (Phi) is 6.21. The number of ether oxygens (including phenoxy) is 1. The van der Waals surface area contributed by atoms with Gasteiger partial charge in [-0.2, -0.15) is 5.26 Å². The van der Waals surface area contributed by atoms with E-state index in [9.17, 15) is 9.59 Å². The summed E-state index contributed by atoms with van der Waals surface area (Å²) in [6, 6.07) is 7.36. The maximum Gasteiger partial charge on any atom is 0.326 e. The Morgan fingerprint density at radius 2 is 2.00 bits per heavy atom. The molecule has 0 saturated carbocycles. The van der Waals surface area contributed by atoms with Crippen molar-refractivity contribution < 1.29 is 19.4 Å². The van der Waals surface area contributed by atoms with Crippen LogP contribution in [-0.4, -0.2) is 29.6 Å². The van der Waals surface area contributed by atoms with E-state index in [0.29, 0.717) is 17.7 Å². The van der Waals surface area contributed by atoms with Crippen molar-refractivity contribution in [3.8, 4) is 11.8 Å². The van der Waals surface area contributed by atoms with Crippen LogP contribution in [0, 0.1) is 17.2 Å². The number of carbonyl (C=O) groups excluding carboxylic acids is 1. The molecule has 0 fully saturated rings. The van der Waals surface area contributed by atoms with Crippen molar-refractivity contribution in [1.29, 1.82) is 5.26 Å². The molecule has 0 unspecified atom stereocenters. The second-order valence-corrected chi connectivity index (χ2v) is 4.69. The van der Waals surface area contributed by atoms with Crippen molar-refractivity contribution in [2.75, 3.05) is 6.61 Å². The lowest BCUT2D eigenvalue weighted by Crippen LogP contribution is -2.46. The first kappa shape index (κ1) is 16.5. The fourth-order valence-electron chi connectivity index (χ4n) is 1.67. The molecule has 0 aliphatic heterocycles. The van der Waals surface area contributed by atoms with Gasteiger partial charge in [0.05, 0.1) is 11.6 Å². The number of benzene rings is 1. The van der Waals surface area contributed by atoms with Gasteiger partial charge in [-0.05, 0) is 30.2 Å². The minimum atomic E-state index is -1.06. The minimum Gasteiger partial charge on any atom is -0.484 e. The molecule has 0 aromatic heterocycles. The Morgan fingerprint density at radius 3 is 2.48 bits per heavy atom. The third kappa shape index (κ3) is 5.15. The van der Waals surface area contributed by atoms with Gasteiger partial charge in [0.15, 0.2) is 6.61 Å². The number of nitrogens with zero attached hydrogens (tertiary/aromatic N) is 1. The summed E-state index contributed by atoms with van der Waals surface area (Å²) in [5.41, 5.74) is 0.495. The van der Waals surface area contributed by atoms with Gasteiger partial charge in [0.1, 0.15) is 11.8 Å². The average Bonchev–Trinajstić information content (AvgIpc) is 2.50. The minimum absolute atomic E-state index is 0.165. The highest BCUT2D eigenvalue weighted by atomic mass is 16.5. The number of carbonyl (C=O) groups is 2. The molecule has 6 heteroatoms. The summed E-state index contributed by atoms with van der Waals surface area (Å²) in [5.74, 6) is -1.27. The van der Waals surface area contributed by atoms with Crippen molar-refractivity contribution >= 4 is 11.9 Å². The highest BCUT2D eigenvalue weighted by molar-refractivity contribution is 5.84. The quantitative estimate of drug-likeness (QED) is 0.793. The fraction of sp³-hybridized carbons (Fsp3) is 0.400. The molecule has 0 spiro atoms. The number of nitrogens with one attached hydrogen (secondary N) is 1. The first-order valence-corrected chi connectivity index (χ1v) is 6.63. The summed E-state index contributed by atoms with van der Waals surface area (Å²) in [7, 11) is 0. The average molecular weight is 290 g/mol. The summed E-state index contributed by atoms with van der Waals surface area (Å²) in [5, 5.41) is 20.2. The van der Waals surface area contributed by atoms with Gasteiger partial charge in [-0.25, -0.2) is 4.79 Å². The number of carboxylic acids is 1. The molecule has 0 saturated heterocycles. The van der Waals surface area contributed by atoms with Crippen molar-refractivity contribution in [3.63, 3.8) is 0 Å². The van der Waals surface area contributed by atoms with E-state index in [0.717, 1.165) is 0 Å². The van der Waals surface area contributed by atoms with E-state index >= 15 is 0 Å². The van der Waals surface area contributed by atoms with Gasteiger partial charge < -0.3 is 15.2 Å². The van der Waals surface area contributed by atoms with Crippen molar-refractivity contribution in [1.82, 2.24) is 5.32 Å². The van der Waals surface area contributed by atoms with Crippen LogP contribution in [-0.2, 0) is 9.59 Å². The van der Waals surface area contributed by atoms with Gasteiger partial charge in [0, 0.05) is 0 Å². The van der Waals surface area contributed by atoms with Crippen molar-refractivity contribution in [2.45, 2.75) is 26.3 Å². The van der Waals surface area contributed by atoms with E-state index in [4.69, 9.17) is 15.1 Å². The smallest absolute Gasteiger partial charge is 0.326 e. The van der Waals surface area contributed by atoms with Gasteiger partial charge in [0.25, 0.3) is 5.91 Å². The highest BCUT2D eigenvalue weighted by Gasteiger charge is 2.25. The number of rotatable bonds is 7. The normalized spacial score (nSPS) is 12.8. The number of amides is 1. The molecule has 1 aromatic carbocycles. The van der Waals surface area contributed by atoms with Crippen LogP contribution >= 0.6 is 0 Å². The summed E-state index contributed by atoms with van der Waals surface area (Å²) in [6.07, 6.45) is 0.647. The van der Waals surface area contributed by atoms with Crippen LogP contribution in [0.5, 0.6) is 5.75 Å².